The van der Waals surface area contributed by atoms with Crippen molar-refractivity contribution in [3.63, 3.8) is 0 Å². The highest BCUT2D eigenvalue weighted by Crippen LogP contribution is 2.25. The van der Waals surface area contributed by atoms with E-state index < -0.39 is 0 Å². The standard InChI is InChI=1S/C22H25N3O3S2/c1-5-7-25-21(28)17-10-16(6-2)30-20(17)24-22(25)29-12-18(26)23-11-15-8-13(3)19(27)14(4)9-15/h5,8-10,27H,1,6-7,11-12H2,2-4H3,(H,23,26). The summed E-state index contributed by atoms with van der Waals surface area (Å²) in [5.41, 5.74) is 2.38. The van der Waals surface area contributed by atoms with E-state index in [-0.39, 0.29) is 23.0 Å². The number of rotatable bonds is 8. The van der Waals surface area contributed by atoms with Crippen LogP contribution in [0.1, 0.15) is 28.5 Å². The quantitative estimate of drug-likeness (QED) is 0.313. The lowest BCUT2D eigenvalue weighted by molar-refractivity contribution is -0.118. The molecule has 8 heteroatoms. The van der Waals surface area contributed by atoms with Crippen molar-refractivity contribution in [2.24, 2.45) is 0 Å². The zero-order chi connectivity index (χ0) is 21.8. The van der Waals surface area contributed by atoms with Gasteiger partial charge in [0.05, 0.1) is 11.1 Å². The van der Waals surface area contributed by atoms with Crippen LogP contribution in [0.15, 0.2) is 40.8 Å². The fraction of sp³-hybridized carbons (Fsp3) is 0.318. The molecule has 0 aliphatic carbocycles. The number of nitrogens with zero attached hydrogens (tertiary/aromatic N) is 2. The summed E-state index contributed by atoms with van der Waals surface area (Å²) in [6.45, 7) is 10.2. The Morgan fingerprint density at radius 2 is 2.03 bits per heavy atom. The van der Waals surface area contributed by atoms with E-state index in [0.717, 1.165) is 28.0 Å². The van der Waals surface area contributed by atoms with Crippen LogP contribution in [-0.4, -0.2) is 26.3 Å². The van der Waals surface area contributed by atoms with E-state index in [1.807, 2.05) is 39.0 Å². The Morgan fingerprint density at radius 1 is 1.33 bits per heavy atom. The molecule has 0 fully saturated rings. The van der Waals surface area contributed by atoms with E-state index in [2.05, 4.69) is 16.9 Å². The van der Waals surface area contributed by atoms with Crippen LogP contribution in [0.5, 0.6) is 5.75 Å². The summed E-state index contributed by atoms with van der Waals surface area (Å²) in [5.74, 6) is 0.280. The minimum atomic E-state index is -0.150. The van der Waals surface area contributed by atoms with Crippen molar-refractivity contribution in [3.05, 3.63) is 62.8 Å². The maximum absolute atomic E-state index is 12.9. The van der Waals surface area contributed by atoms with Crippen LogP contribution in [0.25, 0.3) is 10.2 Å². The highest BCUT2D eigenvalue weighted by molar-refractivity contribution is 7.99. The maximum Gasteiger partial charge on any atom is 0.263 e. The Labute approximate surface area is 183 Å². The number of allylic oxidation sites excluding steroid dienone is 1. The molecular weight excluding hydrogens is 418 g/mol. The average Bonchev–Trinajstić information content (AvgIpc) is 3.14. The highest BCUT2D eigenvalue weighted by atomic mass is 32.2. The minimum absolute atomic E-state index is 0.103. The highest BCUT2D eigenvalue weighted by Gasteiger charge is 2.15. The summed E-state index contributed by atoms with van der Waals surface area (Å²) >= 11 is 2.76. The molecule has 158 valence electrons. The first kappa shape index (κ1) is 22.1. The van der Waals surface area contributed by atoms with Crippen molar-refractivity contribution >= 4 is 39.2 Å². The van der Waals surface area contributed by atoms with Crippen LogP contribution in [0, 0.1) is 13.8 Å². The number of phenols is 1. The van der Waals surface area contributed by atoms with Crippen LogP contribution >= 0.6 is 23.1 Å². The van der Waals surface area contributed by atoms with Crippen molar-refractivity contribution in [1.82, 2.24) is 14.9 Å². The molecule has 0 spiro atoms. The number of aryl methyl sites for hydroxylation is 3. The third kappa shape index (κ3) is 4.76. The van der Waals surface area contributed by atoms with E-state index in [4.69, 9.17) is 0 Å². The summed E-state index contributed by atoms with van der Waals surface area (Å²) in [7, 11) is 0. The largest absolute Gasteiger partial charge is 0.507 e. The van der Waals surface area contributed by atoms with Gasteiger partial charge in [-0.3, -0.25) is 14.2 Å². The minimum Gasteiger partial charge on any atom is -0.507 e. The Hall–Kier alpha value is -2.58. The fourth-order valence-electron chi connectivity index (χ4n) is 3.15. The second kappa shape index (κ2) is 9.49. The van der Waals surface area contributed by atoms with Gasteiger partial charge in [-0.2, -0.15) is 0 Å². The Morgan fingerprint density at radius 3 is 2.67 bits per heavy atom. The van der Waals surface area contributed by atoms with Gasteiger partial charge in [0.1, 0.15) is 10.6 Å². The van der Waals surface area contributed by atoms with Gasteiger partial charge in [-0.1, -0.05) is 36.9 Å². The van der Waals surface area contributed by atoms with Gasteiger partial charge in [-0.25, -0.2) is 4.98 Å². The molecule has 2 heterocycles. The molecule has 1 aromatic carbocycles. The number of thiophene rings is 1. The number of benzene rings is 1. The molecule has 1 amide bonds. The molecule has 0 atom stereocenters. The van der Waals surface area contributed by atoms with Gasteiger partial charge in [-0.15, -0.1) is 17.9 Å². The number of aromatic nitrogens is 2. The normalized spacial score (nSPS) is 11.0. The summed E-state index contributed by atoms with van der Waals surface area (Å²) in [6, 6.07) is 5.61. The summed E-state index contributed by atoms with van der Waals surface area (Å²) < 4.78 is 1.56. The second-order valence-electron chi connectivity index (χ2n) is 7.03. The summed E-state index contributed by atoms with van der Waals surface area (Å²) in [5, 5.41) is 13.9. The molecule has 2 aromatic heterocycles. The molecule has 30 heavy (non-hydrogen) atoms. The number of phenolic OH excluding ortho intramolecular Hbond substituents is 1. The first-order valence-electron chi connectivity index (χ1n) is 9.66. The third-order valence-electron chi connectivity index (χ3n) is 4.70. The number of fused-ring (bicyclic) bond motifs is 1. The van der Waals surface area contributed by atoms with Crippen LogP contribution in [0.2, 0.25) is 0 Å². The topological polar surface area (TPSA) is 84.2 Å². The number of amides is 1. The van der Waals surface area contributed by atoms with Gasteiger partial charge in [-0.05, 0) is 43.0 Å². The molecule has 0 saturated carbocycles. The molecule has 0 unspecified atom stereocenters. The molecular formula is C22H25N3O3S2. The number of thioether (sulfide) groups is 1. The molecule has 0 aliphatic rings. The van der Waals surface area contributed by atoms with Gasteiger partial charge < -0.3 is 10.4 Å². The number of hydrogen-bond acceptors (Lipinski definition) is 6. The SMILES string of the molecule is C=CCn1c(SCC(=O)NCc2cc(C)c(O)c(C)c2)nc2sc(CC)cc2c1=O. The molecule has 2 N–H and O–H groups in total. The first-order chi connectivity index (χ1) is 14.3. The third-order valence-corrected chi connectivity index (χ3v) is 6.85. The molecule has 0 aliphatic heterocycles. The van der Waals surface area contributed by atoms with E-state index in [0.29, 0.717) is 28.5 Å². The predicted molar refractivity (Wildman–Crippen MR) is 124 cm³/mol. The van der Waals surface area contributed by atoms with Gasteiger partial charge in [0.25, 0.3) is 5.56 Å². The number of carbonyl (C=O) groups excluding carboxylic acids is 1. The van der Waals surface area contributed by atoms with Crippen molar-refractivity contribution < 1.29 is 9.90 Å². The maximum atomic E-state index is 12.9. The van der Waals surface area contributed by atoms with Crippen LogP contribution in [0.3, 0.4) is 0 Å². The van der Waals surface area contributed by atoms with Gasteiger partial charge in [0, 0.05) is 18.0 Å². The predicted octanol–water partition coefficient (Wildman–Crippen LogP) is 3.94. The van der Waals surface area contributed by atoms with Gasteiger partial charge in [0.15, 0.2) is 5.16 Å². The Kier molecular flexibility index (Phi) is 6.99. The molecule has 6 nitrogen and oxygen atoms in total. The van der Waals surface area contributed by atoms with E-state index in [1.54, 1.807) is 10.6 Å². The number of aromatic hydroxyl groups is 1. The van der Waals surface area contributed by atoms with Gasteiger partial charge >= 0.3 is 0 Å². The first-order valence-corrected chi connectivity index (χ1v) is 11.5. The van der Waals surface area contributed by atoms with Crippen LogP contribution in [0.4, 0.5) is 0 Å². The van der Waals surface area contributed by atoms with Crippen molar-refractivity contribution in [1.29, 1.82) is 0 Å². The zero-order valence-electron chi connectivity index (χ0n) is 17.3. The average molecular weight is 444 g/mol. The number of nitrogens with one attached hydrogen (secondary N) is 1. The summed E-state index contributed by atoms with van der Waals surface area (Å²) in [6.07, 6.45) is 2.50. The lowest BCUT2D eigenvalue weighted by atomic mass is 10.1. The zero-order valence-corrected chi connectivity index (χ0v) is 19.0. The smallest absolute Gasteiger partial charge is 0.263 e. The number of hydrogen-bond donors (Lipinski definition) is 2. The van der Waals surface area contributed by atoms with Crippen LogP contribution in [-0.2, 0) is 24.3 Å². The van der Waals surface area contributed by atoms with Crippen molar-refractivity contribution in [3.8, 4) is 5.75 Å². The lowest BCUT2D eigenvalue weighted by Crippen LogP contribution is -2.26. The van der Waals surface area contributed by atoms with Gasteiger partial charge in [0.2, 0.25) is 5.91 Å². The monoisotopic (exact) mass is 443 g/mol. The summed E-state index contributed by atoms with van der Waals surface area (Å²) in [4.78, 5) is 31.7. The Balaban J connectivity index is 1.72. The number of carbonyl (C=O) groups is 1. The molecule has 3 rings (SSSR count). The van der Waals surface area contributed by atoms with Crippen molar-refractivity contribution in [2.45, 2.75) is 45.4 Å². The molecule has 3 aromatic rings. The lowest BCUT2D eigenvalue weighted by Gasteiger charge is -2.11. The fourth-order valence-corrected chi connectivity index (χ4v) is 5.00. The molecule has 0 bridgehead atoms. The second-order valence-corrected chi connectivity index (χ2v) is 9.09. The van der Waals surface area contributed by atoms with E-state index >= 15 is 0 Å². The molecule has 0 radical (unpaired) electrons. The Bertz CT molecular complexity index is 1140. The van der Waals surface area contributed by atoms with E-state index in [1.165, 1.54) is 23.1 Å². The van der Waals surface area contributed by atoms with E-state index in [9.17, 15) is 14.7 Å². The molecule has 0 saturated heterocycles. The van der Waals surface area contributed by atoms with Crippen molar-refractivity contribution in [2.75, 3.05) is 5.75 Å². The van der Waals surface area contributed by atoms with Crippen LogP contribution < -0.4 is 10.9 Å².